The molecular weight excluding hydrogens is 316 g/mol. The van der Waals surface area contributed by atoms with Crippen molar-refractivity contribution in [3.05, 3.63) is 41.0 Å². The van der Waals surface area contributed by atoms with Crippen LogP contribution in [0.4, 0.5) is 5.69 Å². The van der Waals surface area contributed by atoms with E-state index in [0.29, 0.717) is 18.4 Å². The van der Waals surface area contributed by atoms with Crippen molar-refractivity contribution in [2.45, 2.75) is 40.0 Å². The number of carbonyl (C=O) groups is 1. The number of amides is 1. The number of likely N-dealkylation sites (tertiary alicyclic amines) is 1. The van der Waals surface area contributed by atoms with E-state index < -0.39 is 0 Å². The van der Waals surface area contributed by atoms with Crippen LogP contribution in [0.15, 0.2) is 22.7 Å². The molecule has 1 aromatic carbocycles. The van der Waals surface area contributed by atoms with E-state index in [0.717, 1.165) is 55.0 Å². The normalized spacial score (nSPS) is 18.3. The number of benzene rings is 1. The molecule has 6 nitrogen and oxygen atoms in total. The van der Waals surface area contributed by atoms with Gasteiger partial charge in [-0.1, -0.05) is 17.3 Å². The summed E-state index contributed by atoms with van der Waals surface area (Å²) < 4.78 is 5.05. The lowest BCUT2D eigenvalue weighted by atomic mass is 9.94. The lowest BCUT2D eigenvalue weighted by Gasteiger charge is -2.31. The maximum absolute atomic E-state index is 12.4. The van der Waals surface area contributed by atoms with Gasteiger partial charge in [-0.15, -0.1) is 0 Å². The van der Waals surface area contributed by atoms with Crippen LogP contribution in [0.1, 0.15) is 35.7 Å². The van der Waals surface area contributed by atoms with Crippen molar-refractivity contribution in [3.8, 4) is 0 Å². The Morgan fingerprint density at radius 1 is 1.36 bits per heavy atom. The van der Waals surface area contributed by atoms with Crippen molar-refractivity contribution in [1.82, 2.24) is 15.0 Å². The van der Waals surface area contributed by atoms with Gasteiger partial charge in [0.25, 0.3) is 0 Å². The molecule has 1 amide bonds. The minimum atomic E-state index is 0.0461. The lowest BCUT2D eigenvalue weighted by Crippen LogP contribution is -2.41. The Morgan fingerprint density at radius 3 is 2.96 bits per heavy atom. The first-order valence-electron chi connectivity index (χ1n) is 8.88. The van der Waals surface area contributed by atoms with Gasteiger partial charge in [0.05, 0.1) is 6.54 Å². The molecule has 1 saturated heterocycles. The number of piperidine rings is 1. The minimum Gasteiger partial charge on any atom is -0.340 e. The third-order valence-electron chi connectivity index (χ3n) is 4.68. The van der Waals surface area contributed by atoms with Crippen LogP contribution in [0, 0.1) is 26.7 Å². The molecule has 2 aromatic rings. The van der Waals surface area contributed by atoms with E-state index in [2.05, 4.69) is 26.4 Å². The minimum absolute atomic E-state index is 0.0461. The molecule has 1 fully saturated rings. The van der Waals surface area contributed by atoms with Crippen molar-refractivity contribution in [2.24, 2.45) is 5.92 Å². The van der Waals surface area contributed by atoms with E-state index >= 15 is 0 Å². The SMILES string of the molecule is Cc1ccc(C)c(NC(=O)CN2CCC[C@H](Cc3noc(C)n3)C2)c1. The summed E-state index contributed by atoms with van der Waals surface area (Å²) in [7, 11) is 0. The number of nitrogens with zero attached hydrogens (tertiary/aromatic N) is 3. The van der Waals surface area contributed by atoms with E-state index in [-0.39, 0.29) is 5.91 Å². The van der Waals surface area contributed by atoms with Gasteiger partial charge in [0.2, 0.25) is 11.8 Å². The van der Waals surface area contributed by atoms with Crippen LogP contribution < -0.4 is 5.32 Å². The number of anilines is 1. The van der Waals surface area contributed by atoms with Crippen LogP contribution in [-0.4, -0.2) is 40.6 Å². The van der Waals surface area contributed by atoms with Gasteiger partial charge in [-0.25, -0.2) is 0 Å². The fourth-order valence-corrected chi connectivity index (χ4v) is 3.41. The zero-order valence-electron chi connectivity index (χ0n) is 15.2. The molecule has 2 heterocycles. The number of aryl methyl sites for hydroxylation is 3. The first-order valence-corrected chi connectivity index (χ1v) is 8.88. The van der Waals surface area contributed by atoms with E-state index in [1.165, 1.54) is 0 Å². The highest BCUT2D eigenvalue weighted by Gasteiger charge is 2.23. The summed E-state index contributed by atoms with van der Waals surface area (Å²) in [5.74, 6) is 1.89. The summed E-state index contributed by atoms with van der Waals surface area (Å²) in [4.78, 5) is 18.9. The van der Waals surface area contributed by atoms with Crippen molar-refractivity contribution in [1.29, 1.82) is 0 Å². The number of hydrogen-bond donors (Lipinski definition) is 1. The van der Waals surface area contributed by atoms with Crippen LogP contribution in [0.5, 0.6) is 0 Å². The zero-order valence-corrected chi connectivity index (χ0v) is 15.2. The number of carbonyl (C=O) groups excluding carboxylic acids is 1. The summed E-state index contributed by atoms with van der Waals surface area (Å²) in [6.45, 7) is 8.13. The third kappa shape index (κ3) is 4.89. The highest BCUT2D eigenvalue weighted by atomic mass is 16.5. The second kappa shape index (κ2) is 7.78. The average Bonchev–Trinajstić information content (AvgIpc) is 2.96. The molecule has 1 aromatic heterocycles. The van der Waals surface area contributed by atoms with E-state index in [1.54, 1.807) is 6.92 Å². The Hall–Kier alpha value is -2.21. The van der Waals surface area contributed by atoms with Crippen molar-refractivity contribution < 1.29 is 9.32 Å². The van der Waals surface area contributed by atoms with Gasteiger partial charge in [0.15, 0.2) is 5.82 Å². The highest BCUT2D eigenvalue weighted by molar-refractivity contribution is 5.93. The topological polar surface area (TPSA) is 71.3 Å². The van der Waals surface area contributed by atoms with Gasteiger partial charge in [-0.3, -0.25) is 9.69 Å². The van der Waals surface area contributed by atoms with E-state index in [4.69, 9.17) is 4.52 Å². The summed E-state index contributed by atoms with van der Waals surface area (Å²) in [5.41, 5.74) is 3.14. The molecule has 0 radical (unpaired) electrons. The number of rotatable bonds is 5. The number of aromatic nitrogens is 2. The van der Waals surface area contributed by atoms with Gasteiger partial charge in [-0.2, -0.15) is 4.98 Å². The van der Waals surface area contributed by atoms with Gasteiger partial charge >= 0.3 is 0 Å². The Labute approximate surface area is 148 Å². The summed E-state index contributed by atoms with van der Waals surface area (Å²) in [6, 6.07) is 6.11. The van der Waals surface area contributed by atoms with Crippen LogP contribution >= 0.6 is 0 Å². The standard InChI is InChI=1S/C19H26N4O2/c1-13-6-7-14(2)17(9-13)21-19(24)12-23-8-4-5-16(11-23)10-18-20-15(3)25-22-18/h6-7,9,16H,4-5,8,10-12H2,1-3H3,(H,21,24)/t16-/m1/s1. The third-order valence-corrected chi connectivity index (χ3v) is 4.68. The zero-order chi connectivity index (χ0) is 17.8. The molecule has 1 aliphatic heterocycles. The first-order chi connectivity index (χ1) is 12.0. The molecule has 1 atom stereocenters. The molecule has 0 unspecified atom stereocenters. The van der Waals surface area contributed by atoms with Gasteiger partial charge in [-0.05, 0) is 56.3 Å². The molecule has 3 rings (SSSR count). The lowest BCUT2D eigenvalue weighted by molar-refractivity contribution is -0.117. The van der Waals surface area contributed by atoms with Gasteiger partial charge in [0, 0.05) is 25.6 Å². The Morgan fingerprint density at radius 2 is 2.20 bits per heavy atom. The summed E-state index contributed by atoms with van der Waals surface area (Å²) >= 11 is 0. The Bertz CT molecular complexity index is 741. The Balaban J connectivity index is 1.53. The predicted octanol–water partition coefficient (Wildman–Crippen LogP) is 2.89. The molecule has 6 heteroatoms. The molecule has 0 spiro atoms. The smallest absolute Gasteiger partial charge is 0.238 e. The van der Waals surface area contributed by atoms with E-state index in [9.17, 15) is 4.79 Å². The highest BCUT2D eigenvalue weighted by Crippen LogP contribution is 2.20. The molecule has 25 heavy (non-hydrogen) atoms. The second-order valence-electron chi connectivity index (χ2n) is 7.04. The molecule has 134 valence electrons. The molecule has 1 aliphatic rings. The van der Waals surface area contributed by atoms with Gasteiger partial charge in [0.1, 0.15) is 0 Å². The van der Waals surface area contributed by atoms with Crippen LogP contribution in [-0.2, 0) is 11.2 Å². The van der Waals surface area contributed by atoms with Crippen molar-refractivity contribution in [2.75, 3.05) is 25.0 Å². The first kappa shape index (κ1) is 17.6. The van der Waals surface area contributed by atoms with Crippen LogP contribution in [0.2, 0.25) is 0 Å². The molecular formula is C19H26N4O2. The van der Waals surface area contributed by atoms with Crippen LogP contribution in [0.25, 0.3) is 0 Å². The molecule has 1 N–H and O–H groups in total. The van der Waals surface area contributed by atoms with Gasteiger partial charge < -0.3 is 9.84 Å². The quantitative estimate of drug-likeness (QED) is 0.905. The maximum Gasteiger partial charge on any atom is 0.238 e. The average molecular weight is 342 g/mol. The Kier molecular flexibility index (Phi) is 5.48. The summed E-state index contributed by atoms with van der Waals surface area (Å²) in [5, 5.41) is 7.03. The van der Waals surface area contributed by atoms with Crippen molar-refractivity contribution in [3.63, 3.8) is 0 Å². The largest absolute Gasteiger partial charge is 0.340 e. The maximum atomic E-state index is 12.4. The number of nitrogens with one attached hydrogen (secondary N) is 1. The molecule has 0 bridgehead atoms. The van der Waals surface area contributed by atoms with Crippen LogP contribution in [0.3, 0.4) is 0 Å². The predicted molar refractivity (Wildman–Crippen MR) is 96.4 cm³/mol. The fraction of sp³-hybridized carbons (Fsp3) is 0.526. The summed E-state index contributed by atoms with van der Waals surface area (Å²) in [6.07, 6.45) is 3.05. The molecule has 0 saturated carbocycles. The van der Waals surface area contributed by atoms with Crippen molar-refractivity contribution >= 4 is 11.6 Å². The monoisotopic (exact) mass is 342 g/mol. The fourth-order valence-electron chi connectivity index (χ4n) is 3.41. The second-order valence-corrected chi connectivity index (χ2v) is 7.04. The number of hydrogen-bond acceptors (Lipinski definition) is 5. The van der Waals surface area contributed by atoms with E-state index in [1.807, 2.05) is 26.0 Å². The molecule has 0 aliphatic carbocycles.